The highest BCUT2D eigenvalue weighted by Crippen LogP contribution is 2.32. The van der Waals surface area contributed by atoms with Crippen molar-refractivity contribution in [1.82, 2.24) is 14.4 Å². The fraction of sp³-hybridized carbons (Fsp3) is 0.350. The molecular formula is C20H22N5O4+. The maximum Gasteiger partial charge on any atom is 0.407 e. The Hall–Kier alpha value is -3.49. The molecule has 0 radical (unpaired) electrons. The summed E-state index contributed by atoms with van der Waals surface area (Å²) in [6.07, 6.45) is 0. The highest BCUT2D eigenvalue weighted by Gasteiger charge is 2.53. The van der Waals surface area contributed by atoms with Gasteiger partial charge in [-0.15, -0.1) is 0 Å². The highest BCUT2D eigenvalue weighted by atomic mass is 16.5. The molecule has 3 heterocycles. The second-order valence-corrected chi connectivity index (χ2v) is 7.05. The molecule has 4 rings (SSSR count). The van der Waals surface area contributed by atoms with E-state index in [2.05, 4.69) is 4.99 Å². The summed E-state index contributed by atoms with van der Waals surface area (Å²) in [7, 11) is 3.09. The van der Waals surface area contributed by atoms with Crippen LogP contribution in [0.2, 0.25) is 0 Å². The summed E-state index contributed by atoms with van der Waals surface area (Å²) in [6.45, 7) is 5.94. The van der Waals surface area contributed by atoms with Crippen molar-refractivity contribution in [2.75, 3.05) is 20.7 Å². The Morgan fingerprint density at radius 1 is 1.14 bits per heavy atom. The summed E-state index contributed by atoms with van der Waals surface area (Å²) < 4.78 is 8.80. The minimum absolute atomic E-state index is 0.312. The smallest absolute Gasteiger partial charge is 0.407 e. The Labute approximate surface area is 167 Å². The van der Waals surface area contributed by atoms with Gasteiger partial charge in [-0.1, -0.05) is 4.99 Å². The predicted octanol–water partition coefficient (Wildman–Crippen LogP) is 1.67. The SMILES string of the molecule is CCOC(=O)c1ccc(-n2c(C)c(C)[n+]3c2N=C2C3C(=O)N(C)C(=O)N2C)cc1. The third-order valence-electron chi connectivity index (χ3n) is 5.47. The molecular weight excluding hydrogens is 374 g/mol. The topological polar surface area (TPSA) is 88.1 Å². The Morgan fingerprint density at radius 3 is 2.41 bits per heavy atom. The minimum atomic E-state index is -0.670. The molecule has 1 unspecified atom stereocenters. The Morgan fingerprint density at radius 2 is 1.79 bits per heavy atom. The zero-order valence-corrected chi connectivity index (χ0v) is 17.0. The van der Waals surface area contributed by atoms with Gasteiger partial charge in [-0.25, -0.2) is 14.2 Å². The fourth-order valence-electron chi connectivity index (χ4n) is 3.79. The van der Waals surface area contributed by atoms with Gasteiger partial charge >= 0.3 is 17.9 Å². The van der Waals surface area contributed by atoms with Crippen molar-refractivity contribution in [2.45, 2.75) is 26.8 Å². The Bertz CT molecular complexity index is 1080. The first-order valence-corrected chi connectivity index (χ1v) is 9.32. The van der Waals surface area contributed by atoms with Crippen LogP contribution in [-0.2, 0) is 9.53 Å². The molecule has 2 aliphatic heterocycles. The molecule has 1 saturated heterocycles. The van der Waals surface area contributed by atoms with Gasteiger partial charge in [-0.3, -0.25) is 14.6 Å². The average Bonchev–Trinajstić information content (AvgIpc) is 3.21. The van der Waals surface area contributed by atoms with Gasteiger partial charge in [0.2, 0.25) is 11.9 Å². The van der Waals surface area contributed by atoms with Crippen LogP contribution in [0.25, 0.3) is 5.69 Å². The summed E-state index contributed by atoms with van der Waals surface area (Å²) in [4.78, 5) is 44.2. The van der Waals surface area contributed by atoms with Gasteiger partial charge in [0, 0.05) is 14.1 Å². The largest absolute Gasteiger partial charge is 0.462 e. The summed E-state index contributed by atoms with van der Waals surface area (Å²) in [5.41, 5.74) is 3.05. The van der Waals surface area contributed by atoms with Crippen LogP contribution in [0, 0.1) is 13.8 Å². The van der Waals surface area contributed by atoms with E-state index in [9.17, 15) is 14.4 Å². The molecule has 1 aromatic carbocycles. The van der Waals surface area contributed by atoms with Gasteiger partial charge in [-0.2, -0.15) is 4.57 Å². The summed E-state index contributed by atoms with van der Waals surface area (Å²) in [6, 6.07) is 5.94. The van der Waals surface area contributed by atoms with E-state index in [-0.39, 0.29) is 11.9 Å². The zero-order valence-electron chi connectivity index (χ0n) is 17.0. The number of amides is 3. The number of urea groups is 1. The molecule has 2 aliphatic rings. The average molecular weight is 396 g/mol. The molecule has 2 aromatic rings. The standard InChI is InChI=1S/C20H22N5O4/c1-6-29-18(27)13-7-9-14(10-8-13)24-11(2)12(3)25-15-16(21-19(24)25)22(4)20(28)23(5)17(15)26/h7-10,15H,6H2,1-5H3/q+1. The van der Waals surface area contributed by atoms with Gasteiger partial charge in [0.15, 0.2) is 0 Å². The second kappa shape index (κ2) is 6.54. The van der Waals surface area contributed by atoms with Crippen molar-refractivity contribution in [3.05, 3.63) is 41.2 Å². The number of hydrogen-bond acceptors (Lipinski definition) is 5. The van der Waals surface area contributed by atoms with Gasteiger partial charge < -0.3 is 4.74 Å². The highest BCUT2D eigenvalue weighted by molar-refractivity contribution is 6.18. The van der Waals surface area contributed by atoms with Crippen molar-refractivity contribution in [3.8, 4) is 5.69 Å². The van der Waals surface area contributed by atoms with E-state index < -0.39 is 12.1 Å². The van der Waals surface area contributed by atoms with Crippen LogP contribution in [0.15, 0.2) is 29.3 Å². The molecule has 150 valence electrons. The number of aliphatic imine (C=N–C) groups is 1. The van der Waals surface area contributed by atoms with Crippen molar-refractivity contribution >= 4 is 29.7 Å². The van der Waals surface area contributed by atoms with Crippen LogP contribution >= 0.6 is 0 Å². The first kappa shape index (κ1) is 18.9. The van der Waals surface area contributed by atoms with Gasteiger partial charge in [0.1, 0.15) is 17.1 Å². The number of aromatic nitrogens is 2. The van der Waals surface area contributed by atoms with E-state index in [1.54, 1.807) is 26.1 Å². The molecule has 0 bridgehead atoms. The number of carbonyl (C=O) groups is 3. The number of hydrogen-bond donors (Lipinski definition) is 0. The number of rotatable bonds is 3. The van der Waals surface area contributed by atoms with Crippen molar-refractivity contribution in [1.29, 1.82) is 0 Å². The van der Waals surface area contributed by atoms with Crippen LogP contribution < -0.4 is 4.57 Å². The minimum Gasteiger partial charge on any atom is -0.462 e. The number of esters is 1. The quantitative estimate of drug-likeness (QED) is 0.583. The molecule has 3 amide bonds. The maximum atomic E-state index is 12.8. The molecule has 1 fully saturated rings. The normalized spacial score (nSPS) is 18.0. The number of benzene rings is 1. The lowest BCUT2D eigenvalue weighted by Crippen LogP contribution is -2.62. The number of likely N-dealkylation sites (N-methyl/N-ethyl adjacent to an activating group) is 2. The Kier molecular flexibility index (Phi) is 4.25. The third kappa shape index (κ3) is 2.57. The lowest BCUT2D eigenvalue weighted by Gasteiger charge is -2.30. The van der Waals surface area contributed by atoms with E-state index in [0.29, 0.717) is 24.0 Å². The monoisotopic (exact) mass is 396 g/mol. The molecule has 0 aliphatic carbocycles. The number of nitrogens with zero attached hydrogens (tertiary/aromatic N) is 5. The summed E-state index contributed by atoms with van der Waals surface area (Å²) in [5, 5.41) is 0. The molecule has 9 heteroatoms. The van der Waals surface area contributed by atoms with Crippen LogP contribution in [0.3, 0.4) is 0 Å². The number of fused-ring (bicyclic) bond motifs is 3. The van der Waals surface area contributed by atoms with Gasteiger partial charge in [-0.05, 0) is 45.0 Å². The molecule has 1 aromatic heterocycles. The number of imidazole rings is 1. The lowest BCUT2D eigenvalue weighted by atomic mass is 10.1. The molecule has 0 saturated carbocycles. The lowest BCUT2D eigenvalue weighted by molar-refractivity contribution is -0.682. The second-order valence-electron chi connectivity index (χ2n) is 7.05. The predicted molar refractivity (Wildman–Crippen MR) is 103 cm³/mol. The number of amidine groups is 1. The van der Waals surface area contributed by atoms with Crippen LogP contribution in [0.1, 0.15) is 34.7 Å². The summed E-state index contributed by atoms with van der Waals surface area (Å²) >= 11 is 0. The third-order valence-corrected chi connectivity index (χ3v) is 5.47. The molecule has 1 atom stereocenters. The molecule has 0 spiro atoms. The fourth-order valence-corrected chi connectivity index (χ4v) is 3.79. The number of imide groups is 1. The maximum absolute atomic E-state index is 12.8. The molecule has 9 nitrogen and oxygen atoms in total. The zero-order chi connectivity index (χ0) is 21.0. The van der Waals surface area contributed by atoms with Gasteiger partial charge in [0.05, 0.1) is 12.2 Å². The van der Waals surface area contributed by atoms with Crippen molar-refractivity contribution in [3.63, 3.8) is 0 Å². The molecule has 0 N–H and O–H groups in total. The van der Waals surface area contributed by atoms with Crippen LogP contribution in [0.5, 0.6) is 0 Å². The van der Waals surface area contributed by atoms with Crippen LogP contribution in [-0.4, -0.2) is 58.8 Å². The van der Waals surface area contributed by atoms with Crippen LogP contribution in [0.4, 0.5) is 10.7 Å². The van der Waals surface area contributed by atoms with E-state index in [4.69, 9.17) is 4.74 Å². The Balaban J connectivity index is 1.83. The van der Waals surface area contributed by atoms with E-state index in [0.717, 1.165) is 22.0 Å². The number of carbonyl (C=O) groups excluding carboxylic acids is 3. The van der Waals surface area contributed by atoms with Crippen molar-refractivity contribution in [2.24, 2.45) is 4.99 Å². The van der Waals surface area contributed by atoms with Gasteiger partial charge in [0.25, 0.3) is 5.91 Å². The summed E-state index contributed by atoms with van der Waals surface area (Å²) in [5.74, 6) is 0.285. The first-order valence-electron chi connectivity index (χ1n) is 9.32. The first-order chi connectivity index (χ1) is 13.8. The van der Waals surface area contributed by atoms with E-state index in [1.807, 2.05) is 35.1 Å². The van der Waals surface area contributed by atoms with E-state index in [1.165, 1.54) is 11.9 Å². The van der Waals surface area contributed by atoms with Crippen molar-refractivity contribution < 1.29 is 23.7 Å². The number of ether oxygens (including phenoxy) is 1. The van der Waals surface area contributed by atoms with E-state index >= 15 is 0 Å². The molecule has 29 heavy (non-hydrogen) atoms.